The van der Waals surface area contributed by atoms with Gasteiger partial charge in [-0.1, -0.05) is 23.7 Å². The van der Waals surface area contributed by atoms with E-state index in [9.17, 15) is 4.79 Å². The number of carbonyl (C=O) groups excluding carboxylic acids is 1. The molecule has 2 aromatic heterocycles. The Kier molecular flexibility index (Phi) is 6.16. The number of aromatic nitrogens is 3. The van der Waals surface area contributed by atoms with Gasteiger partial charge in [0, 0.05) is 35.9 Å². The molecule has 1 aromatic carbocycles. The molecule has 1 unspecified atom stereocenters. The van der Waals surface area contributed by atoms with E-state index in [1.54, 1.807) is 6.20 Å². The summed E-state index contributed by atoms with van der Waals surface area (Å²) < 4.78 is 1.87. The zero-order valence-electron chi connectivity index (χ0n) is 16.9. The predicted octanol–water partition coefficient (Wildman–Crippen LogP) is 3.75. The van der Waals surface area contributed by atoms with Crippen LogP contribution in [0.1, 0.15) is 54.2 Å². The standard InChI is InChI=1S/C23H25ClN4O2/c1-15(17-7-8-19(9-10-29)25-13-17)23(30)26-14-21-12-22(16-5-6-16)27-28(21)20-4-2-3-18(24)11-20/h2-4,7-8,11-13,15-16,29H,5-6,9-10,14H2,1H3,(H,26,30). The summed E-state index contributed by atoms with van der Waals surface area (Å²) in [5.41, 5.74) is 4.53. The Labute approximate surface area is 180 Å². The van der Waals surface area contributed by atoms with Crippen molar-refractivity contribution in [2.45, 2.75) is 44.6 Å². The maximum Gasteiger partial charge on any atom is 0.227 e. The van der Waals surface area contributed by atoms with Gasteiger partial charge in [-0.2, -0.15) is 5.10 Å². The molecule has 0 radical (unpaired) electrons. The van der Waals surface area contributed by atoms with E-state index in [4.69, 9.17) is 21.8 Å². The number of pyridine rings is 1. The Balaban J connectivity index is 1.48. The molecule has 1 saturated carbocycles. The van der Waals surface area contributed by atoms with Crippen molar-refractivity contribution in [3.8, 4) is 5.69 Å². The van der Waals surface area contributed by atoms with Crippen LogP contribution in [0.3, 0.4) is 0 Å². The summed E-state index contributed by atoms with van der Waals surface area (Å²) in [6.07, 6.45) is 4.54. The van der Waals surface area contributed by atoms with Gasteiger partial charge in [0.15, 0.2) is 0 Å². The molecular weight excluding hydrogens is 400 g/mol. The number of halogens is 1. The monoisotopic (exact) mass is 424 g/mol. The summed E-state index contributed by atoms with van der Waals surface area (Å²) in [7, 11) is 0. The first-order valence-electron chi connectivity index (χ1n) is 10.2. The lowest BCUT2D eigenvalue weighted by Gasteiger charge is -2.14. The molecule has 0 spiro atoms. The van der Waals surface area contributed by atoms with Gasteiger partial charge in [-0.25, -0.2) is 4.68 Å². The van der Waals surface area contributed by atoms with Gasteiger partial charge in [0.1, 0.15) is 0 Å². The molecule has 3 aromatic rings. The van der Waals surface area contributed by atoms with Crippen LogP contribution < -0.4 is 5.32 Å². The van der Waals surface area contributed by atoms with Gasteiger partial charge in [0.05, 0.1) is 29.5 Å². The first-order valence-corrected chi connectivity index (χ1v) is 10.6. The van der Waals surface area contributed by atoms with Crippen LogP contribution in [0.4, 0.5) is 0 Å². The van der Waals surface area contributed by atoms with Crippen LogP contribution >= 0.6 is 11.6 Å². The van der Waals surface area contributed by atoms with E-state index in [0.29, 0.717) is 23.9 Å². The number of benzene rings is 1. The minimum atomic E-state index is -0.328. The molecule has 1 amide bonds. The Bertz CT molecular complexity index is 1030. The fraction of sp³-hybridized carbons (Fsp3) is 0.348. The Morgan fingerprint density at radius 2 is 2.13 bits per heavy atom. The van der Waals surface area contributed by atoms with E-state index in [2.05, 4.69) is 16.4 Å². The van der Waals surface area contributed by atoms with Crippen molar-refractivity contribution in [2.24, 2.45) is 0 Å². The summed E-state index contributed by atoms with van der Waals surface area (Å²) in [4.78, 5) is 17.1. The quantitative estimate of drug-likeness (QED) is 0.577. The van der Waals surface area contributed by atoms with Crippen LogP contribution in [0.25, 0.3) is 5.69 Å². The number of carbonyl (C=O) groups is 1. The second-order valence-electron chi connectivity index (χ2n) is 7.72. The van der Waals surface area contributed by atoms with Crippen LogP contribution in [0.5, 0.6) is 0 Å². The lowest BCUT2D eigenvalue weighted by Crippen LogP contribution is -2.28. The number of nitrogens with zero attached hydrogens (tertiary/aromatic N) is 3. The van der Waals surface area contributed by atoms with Crippen molar-refractivity contribution in [3.63, 3.8) is 0 Å². The normalized spacial score (nSPS) is 14.5. The fourth-order valence-electron chi connectivity index (χ4n) is 3.41. The molecule has 6 nitrogen and oxygen atoms in total. The molecular formula is C23H25ClN4O2. The van der Waals surface area contributed by atoms with Crippen LogP contribution in [0.2, 0.25) is 5.02 Å². The number of nitrogens with one attached hydrogen (secondary N) is 1. The second kappa shape index (κ2) is 8.98. The van der Waals surface area contributed by atoms with Crippen molar-refractivity contribution in [1.29, 1.82) is 0 Å². The molecule has 7 heteroatoms. The van der Waals surface area contributed by atoms with Gasteiger partial charge in [0.25, 0.3) is 0 Å². The minimum absolute atomic E-state index is 0.0611. The Morgan fingerprint density at radius 3 is 2.80 bits per heavy atom. The highest BCUT2D eigenvalue weighted by molar-refractivity contribution is 6.30. The van der Waals surface area contributed by atoms with E-state index < -0.39 is 0 Å². The molecule has 2 heterocycles. The number of aliphatic hydroxyl groups is 1. The average Bonchev–Trinajstić information content (AvgIpc) is 3.52. The zero-order valence-corrected chi connectivity index (χ0v) is 17.6. The van der Waals surface area contributed by atoms with E-state index in [1.807, 2.05) is 48.0 Å². The summed E-state index contributed by atoms with van der Waals surface area (Å²) in [5, 5.41) is 17.5. The van der Waals surface area contributed by atoms with Gasteiger partial charge in [0.2, 0.25) is 5.91 Å². The highest BCUT2D eigenvalue weighted by Gasteiger charge is 2.28. The maximum absolute atomic E-state index is 12.8. The molecule has 0 saturated heterocycles. The van der Waals surface area contributed by atoms with Crippen LogP contribution in [0.15, 0.2) is 48.7 Å². The average molecular weight is 425 g/mol. The van der Waals surface area contributed by atoms with Crippen molar-refractivity contribution in [2.75, 3.05) is 6.61 Å². The summed E-state index contributed by atoms with van der Waals surface area (Å²) >= 11 is 6.17. The Morgan fingerprint density at radius 1 is 1.30 bits per heavy atom. The lowest BCUT2D eigenvalue weighted by molar-refractivity contribution is -0.122. The van der Waals surface area contributed by atoms with Crippen molar-refractivity contribution in [1.82, 2.24) is 20.1 Å². The summed E-state index contributed by atoms with van der Waals surface area (Å²) in [6, 6.07) is 13.4. The molecule has 30 heavy (non-hydrogen) atoms. The smallest absolute Gasteiger partial charge is 0.227 e. The van der Waals surface area contributed by atoms with Crippen LogP contribution in [-0.4, -0.2) is 32.4 Å². The fourth-order valence-corrected chi connectivity index (χ4v) is 3.60. The largest absolute Gasteiger partial charge is 0.396 e. The summed E-state index contributed by atoms with van der Waals surface area (Å²) in [6.45, 7) is 2.30. The van der Waals surface area contributed by atoms with E-state index >= 15 is 0 Å². The maximum atomic E-state index is 12.8. The number of amides is 1. The lowest BCUT2D eigenvalue weighted by atomic mass is 10.0. The number of hydrogen-bond acceptors (Lipinski definition) is 4. The highest BCUT2D eigenvalue weighted by Crippen LogP contribution is 2.39. The minimum Gasteiger partial charge on any atom is -0.396 e. The van der Waals surface area contributed by atoms with E-state index in [-0.39, 0.29) is 18.4 Å². The summed E-state index contributed by atoms with van der Waals surface area (Å²) in [5.74, 6) is 0.118. The SMILES string of the molecule is CC(C(=O)NCc1cc(C2CC2)nn1-c1cccc(Cl)c1)c1ccc(CCO)nc1. The molecule has 4 rings (SSSR count). The van der Waals surface area contributed by atoms with Crippen molar-refractivity contribution >= 4 is 17.5 Å². The third-order valence-electron chi connectivity index (χ3n) is 5.40. The first-order chi connectivity index (χ1) is 14.5. The molecule has 156 valence electrons. The van der Waals surface area contributed by atoms with Gasteiger partial charge < -0.3 is 10.4 Å². The third-order valence-corrected chi connectivity index (χ3v) is 5.64. The molecule has 1 fully saturated rings. The third kappa shape index (κ3) is 4.71. The molecule has 1 aliphatic carbocycles. The van der Waals surface area contributed by atoms with Gasteiger partial charge in [-0.15, -0.1) is 0 Å². The Hall–Kier alpha value is -2.70. The molecule has 0 bridgehead atoms. The van der Waals surface area contributed by atoms with Gasteiger partial charge in [-0.05, 0) is 55.7 Å². The zero-order chi connectivity index (χ0) is 21.1. The first kappa shape index (κ1) is 20.6. The number of aliphatic hydroxyl groups excluding tert-OH is 1. The number of rotatable bonds is 8. The molecule has 0 aliphatic heterocycles. The van der Waals surface area contributed by atoms with Gasteiger partial charge >= 0.3 is 0 Å². The van der Waals surface area contributed by atoms with E-state index in [0.717, 1.165) is 41.2 Å². The number of hydrogen-bond donors (Lipinski definition) is 2. The van der Waals surface area contributed by atoms with Crippen molar-refractivity contribution in [3.05, 3.63) is 76.3 Å². The highest BCUT2D eigenvalue weighted by atomic mass is 35.5. The van der Waals surface area contributed by atoms with E-state index in [1.165, 1.54) is 0 Å². The van der Waals surface area contributed by atoms with Crippen LogP contribution in [-0.2, 0) is 17.8 Å². The predicted molar refractivity (Wildman–Crippen MR) is 116 cm³/mol. The molecule has 1 atom stereocenters. The van der Waals surface area contributed by atoms with Crippen LogP contribution in [0, 0.1) is 0 Å². The topological polar surface area (TPSA) is 80.0 Å². The second-order valence-corrected chi connectivity index (χ2v) is 8.16. The molecule has 1 aliphatic rings. The molecule has 2 N–H and O–H groups in total. The van der Waals surface area contributed by atoms with Gasteiger partial charge in [-0.3, -0.25) is 9.78 Å². The van der Waals surface area contributed by atoms with Crippen molar-refractivity contribution < 1.29 is 9.90 Å².